The number of hydrogen-bond acceptors (Lipinski definition) is 1. The van der Waals surface area contributed by atoms with Crippen LogP contribution in [0.25, 0.3) is 11.1 Å². The highest BCUT2D eigenvalue weighted by Crippen LogP contribution is 2.37. The maximum absolute atomic E-state index is 13.8. The minimum atomic E-state index is -0.235. The number of benzene rings is 2. The molecule has 1 heterocycles. The molecule has 0 saturated heterocycles. The molecule has 24 heavy (non-hydrogen) atoms. The summed E-state index contributed by atoms with van der Waals surface area (Å²) in [5.74, 6) is -0.227. The Hall–Kier alpha value is -2.68. The first-order chi connectivity index (χ1) is 11.6. The minimum absolute atomic E-state index is 0.00792. The zero-order chi connectivity index (χ0) is 16.7. The molecule has 0 saturated carbocycles. The summed E-state index contributed by atoms with van der Waals surface area (Å²) in [4.78, 5) is 14.6. The van der Waals surface area contributed by atoms with Gasteiger partial charge in [0.15, 0.2) is 0 Å². The van der Waals surface area contributed by atoms with Crippen LogP contribution >= 0.6 is 0 Å². The zero-order valence-corrected chi connectivity index (χ0v) is 13.6. The molecule has 0 aromatic heterocycles. The van der Waals surface area contributed by atoms with Gasteiger partial charge in [-0.15, -0.1) is 0 Å². The van der Waals surface area contributed by atoms with E-state index in [1.807, 2.05) is 49.5 Å². The largest absolute Gasteiger partial charge is 0.338 e. The molecule has 0 unspecified atom stereocenters. The Kier molecular flexibility index (Phi) is 3.57. The average Bonchev–Trinajstić information content (AvgIpc) is 2.73. The number of fused-ring (bicyclic) bond motifs is 2. The summed E-state index contributed by atoms with van der Waals surface area (Å²) in [6, 6.07) is 14.7. The first kappa shape index (κ1) is 14.9. The molecule has 4 rings (SSSR count). The molecule has 2 aliphatic rings. The number of amides is 1. The Morgan fingerprint density at radius 2 is 1.83 bits per heavy atom. The summed E-state index contributed by atoms with van der Waals surface area (Å²) in [7, 11) is 1.83. The molecular formula is C21H18FNO. The fourth-order valence-corrected chi connectivity index (χ4v) is 3.57. The van der Waals surface area contributed by atoms with Gasteiger partial charge in [-0.2, -0.15) is 0 Å². The molecule has 2 nitrogen and oxygen atoms in total. The highest BCUT2D eigenvalue weighted by molar-refractivity contribution is 6.22. The van der Waals surface area contributed by atoms with Crippen molar-refractivity contribution in [1.82, 2.24) is 4.90 Å². The van der Waals surface area contributed by atoms with Gasteiger partial charge in [0.25, 0.3) is 5.91 Å². The topological polar surface area (TPSA) is 20.3 Å². The monoisotopic (exact) mass is 319 g/mol. The van der Waals surface area contributed by atoms with Crippen LogP contribution in [0.1, 0.15) is 23.1 Å². The van der Waals surface area contributed by atoms with E-state index in [2.05, 4.69) is 0 Å². The molecule has 0 fully saturated rings. The van der Waals surface area contributed by atoms with Crippen molar-refractivity contribution < 1.29 is 9.18 Å². The van der Waals surface area contributed by atoms with E-state index >= 15 is 0 Å². The Labute approximate surface area is 140 Å². The molecule has 1 aliphatic heterocycles. The van der Waals surface area contributed by atoms with Gasteiger partial charge in [0.2, 0.25) is 0 Å². The summed E-state index contributed by atoms with van der Waals surface area (Å²) < 4.78 is 13.8. The first-order valence-corrected chi connectivity index (χ1v) is 8.17. The van der Waals surface area contributed by atoms with E-state index < -0.39 is 0 Å². The number of nitrogens with zero attached hydrogens (tertiary/aromatic N) is 1. The highest BCUT2D eigenvalue weighted by Gasteiger charge is 2.27. The number of hydrogen-bond donors (Lipinski definition) is 0. The molecule has 2 aromatic carbocycles. The number of allylic oxidation sites excluding steroid dienone is 2. The van der Waals surface area contributed by atoms with Gasteiger partial charge >= 0.3 is 0 Å². The summed E-state index contributed by atoms with van der Waals surface area (Å²) in [6.45, 7) is 0.594. The molecule has 1 aliphatic carbocycles. The van der Waals surface area contributed by atoms with Crippen LogP contribution in [-0.4, -0.2) is 24.4 Å². The predicted octanol–water partition coefficient (Wildman–Crippen LogP) is 4.08. The lowest BCUT2D eigenvalue weighted by Gasteiger charge is -2.23. The van der Waals surface area contributed by atoms with Crippen molar-refractivity contribution in [3.63, 3.8) is 0 Å². The van der Waals surface area contributed by atoms with Gasteiger partial charge in [-0.25, -0.2) is 4.39 Å². The van der Waals surface area contributed by atoms with Crippen LogP contribution in [0, 0.1) is 5.82 Å². The van der Waals surface area contributed by atoms with Crippen LogP contribution in [0.3, 0.4) is 0 Å². The van der Waals surface area contributed by atoms with Crippen LogP contribution in [0.5, 0.6) is 0 Å². The molecule has 0 bridgehead atoms. The fraction of sp³-hybridized carbons (Fsp3) is 0.190. The Morgan fingerprint density at radius 1 is 1.04 bits per heavy atom. The second-order valence-electron chi connectivity index (χ2n) is 6.40. The fourth-order valence-electron chi connectivity index (χ4n) is 3.57. The highest BCUT2D eigenvalue weighted by atomic mass is 19.1. The van der Waals surface area contributed by atoms with Gasteiger partial charge in [-0.3, -0.25) is 4.79 Å². The van der Waals surface area contributed by atoms with E-state index in [1.165, 1.54) is 11.6 Å². The summed E-state index contributed by atoms with van der Waals surface area (Å²) in [5, 5.41) is 0. The normalized spacial score (nSPS) is 17.2. The Balaban J connectivity index is 1.93. The predicted molar refractivity (Wildman–Crippen MR) is 93.7 cm³/mol. The third kappa shape index (κ3) is 2.46. The number of halogens is 1. The van der Waals surface area contributed by atoms with E-state index in [4.69, 9.17) is 0 Å². The van der Waals surface area contributed by atoms with Gasteiger partial charge in [0.1, 0.15) is 5.82 Å². The van der Waals surface area contributed by atoms with Crippen molar-refractivity contribution in [1.29, 1.82) is 0 Å². The number of likely N-dealkylation sites (N-methyl/N-ethyl adjacent to an activating group) is 1. The second-order valence-corrected chi connectivity index (χ2v) is 6.40. The van der Waals surface area contributed by atoms with Crippen molar-refractivity contribution in [2.24, 2.45) is 0 Å². The van der Waals surface area contributed by atoms with Gasteiger partial charge in [0.05, 0.1) is 0 Å². The zero-order valence-electron chi connectivity index (χ0n) is 13.6. The van der Waals surface area contributed by atoms with E-state index in [0.29, 0.717) is 12.1 Å². The molecule has 0 radical (unpaired) electrons. The molecule has 3 heteroatoms. The number of rotatable bonds is 1. The quantitative estimate of drug-likeness (QED) is 0.775. The number of carbonyl (C=O) groups is 1. The first-order valence-electron chi connectivity index (χ1n) is 8.17. The molecule has 2 aromatic rings. The summed E-state index contributed by atoms with van der Waals surface area (Å²) in [5.41, 5.74) is 5.85. The van der Waals surface area contributed by atoms with Gasteiger partial charge < -0.3 is 4.90 Å². The Morgan fingerprint density at radius 3 is 2.62 bits per heavy atom. The smallest absolute Gasteiger partial charge is 0.254 e. The van der Waals surface area contributed by atoms with Crippen LogP contribution in [-0.2, 0) is 11.2 Å². The van der Waals surface area contributed by atoms with E-state index in [0.717, 1.165) is 35.1 Å². The molecule has 1 amide bonds. The lowest BCUT2D eigenvalue weighted by atomic mass is 9.84. The summed E-state index contributed by atoms with van der Waals surface area (Å²) >= 11 is 0. The van der Waals surface area contributed by atoms with Crippen LogP contribution in [0.15, 0.2) is 60.2 Å². The van der Waals surface area contributed by atoms with Crippen molar-refractivity contribution in [2.45, 2.75) is 12.8 Å². The molecule has 0 spiro atoms. The standard InChI is InChI=1S/C21H18FNO/c1-23-13-16-8-7-15-9-10-17(22)11-18(15)19(16)12-20(21(23)24)14-5-3-2-4-6-14/h2-6,9-12H,7-8,13H2,1H3. The summed E-state index contributed by atoms with van der Waals surface area (Å²) in [6.07, 6.45) is 3.75. The Bertz CT molecular complexity index is 880. The third-order valence-corrected chi connectivity index (χ3v) is 4.82. The maximum Gasteiger partial charge on any atom is 0.254 e. The van der Waals surface area contributed by atoms with Gasteiger partial charge in [-0.05, 0) is 58.9 Å². The van der Waals surface area contributed by atoms with Crippen molar-refractivity contribution in [2.75, 3.05) is 13.6 Å². The molecule has 120 valence electrons. The van der Waals surface area contributed by atoms with Crippen LogP contribution in [0.4, 0.5) is 4.39 Å². The van der Waals surface area contributed by atoms with Crippen molar-refractivity contribution in [3.05, 3.63) is 82.7 Å². The lowest BCUT2D eigenvalue weighted by Crippen LogP contribution is -2.28. The minimum Gasteiger partial charge on any atom is -0.338 e. The second kappa shape index (κ2) is 5.75. The third-order valence-electron chi connectivity index (χ3n) is 4.82. The van der Waals surface area contributed by atoms with E-state index in [-0.39, 0.29) is 11.7 Å². The number of carbonyl (C=O) groups excluding carboxylic acids is 1. The average molecular weight is 319 g/mol. The van der Waals surface area contributed by atoms with Gasteiger partial charge in [-0.1, -0.05) is 36.4 Å². The van der Waals surface area contributed by atoms with Crippen LogP contribution < -0.4 is 0 Å². The van der Waals surface area contributed by atoms with Crippen molar-refractivity contribution >= 4 is 17.1 Å². The van der Waals surface area contributed by atoms with Crippen molar-refractivity contribution in [3.8, 4) is 0 Å². The SMILES string of the molecule is CN1CC2=C(C=C(c3ccccc3)C1=O)c1cc(F)ccc1CC2. The molecular weight excluding hydrogens is 301 g/mol. The molecule has 0 atom stereocenters. The van der Waals surface area contributed by atoms with Gasteiger partial charge in [0, 0.05) is 19.2 Å². The maximum atomic E-state index is 13.8. The van der Waals surface area contributed by atoms with Crippen LogP contribution in [0.2, 0.25) is 0 Å². The molecule has 0 N–H and O–H groups in total. The number of aryl methyl sites for hydroxylation is 1. The lowest BCUT2D eigenvalue weighted by molar-refractivity contribution is -0.123. The van der Waals surface area contributed by atoms with E-state index in [9.17, 15) is 9.18 Å². The van der Waals surface area contributed by atoms with E-state index in [1.54, 1.807) is 11.0 Å².